The fourth-order valence-electron chi connectivity index (χ4n) is 1.48. The van der Waals surface area contributed by atoms with E-state index in [1.165, 1.54) is 30.3 Å². The zero-order valence-electron chi connectivity index (χ0n) is 9.97. The summed E-state index contributed by atoms with van der Waals surface area (Å²) in [5.41, 5.74) is 0.432. The summed E-state index contributed by atoms with van der Waals surface area (Å²) >= 11 is 5.76. The first-order valence-corrected chi connectivity index (χ1v) is 7.26. The Labute approximate surface area is 120 Å². The Balaban J connectivity index is 2.33. The van der Waals surface area contributed by atoms with E-state index in [0.717, 1.165) is 12.1 Å². The van der Waals surface area contributed by atoms with Gasteiger partial charge in [0.1, 0.15) is 5.82 Å². The molecule has 0 unspecified atom stereocenters. The molecule has 7 heteroatoms. The summed E-state index contributed by atoms with van der Waals surface area (Å²) in [6, 6.07) is 10.6. The molecule has 0 heterocycles. The summed E-state index contributed by atoms with van der Waals surface area (Å²) in [7, 11) is -3.84. The highest BCUT2D eigenvalue weighted by Gasteiger charge is 2.15. The minimum Gasteiger partial charge on any atom is -0.278 e. The molecule has 0 aliphatic carbocycles. The van der Waals surface area contributed by atoms with Gasteiger partial charge >= 0.3 is 0 Å². The first kappa shape index (κ1) is 14.3. The number of hydrogen-bond acceptors (Lipinski definition) is 3. The van der Waals surface area contributed by atoms with Gasteiger partial charge in [0, 0.05) is 0 Å². The van der Waals surface area contributed by atoms with Crippen LogP contribution in [-0.2, 0) is 10.0 Å². The highest BCUT2D eigenvalue weighted by atomic mass is 35.5. The van der Waals surface area contributed by atoms with Crippen molar-refractivity contribution in [3.8, 4) is 6.07 Å². The van der Waals surface area contributed by atoms with Gasteiger partial charge in [0.2, 0.25) is 0 Å². The summed E-state index contributed by atoms with van der Waals surface area (Å²) < 4.78 is 39.3. The smallest absolute Gasteiger partial charge is 0.261 e. The van der Waals surface area contributed by atoms with Crippen molar-refractivity contribution in [3.63, 3.8) is 0 Å². The third-order valence-corrected chi connectivity index (χ3v) is 4.16. The Morgan fingerprint density at radius 2 is 1.80 bits per heavy atom. The molecular weight excluding hydrogens is 303 g/mol. The predicted octanol–water partition coefficient (Wildman–Crippen LogP) is 3.15. The van der Waals surface area contributed by atoms with Crippen LogP contribution in [0.15, 0.2) is 47.4 Å². The third-order valence-electron chi connectivity index (χ3n) is 2.47. The Hall–Kier alpha value is -2.10. The third kappa shape index (κ3) is 3.07. The molecule has 0 amide bonds. The maximum absolute atomic E-state index is 12.9. The molecule has 2 aromatic rings. The van der Waals surface area contributed by atoms with Crippen molar-refractivity contribution >= 4 is 27.3 Å². The number of anilines is 1. The minimum atomic E-state index is -3.84. The van der Waals surface area contributed by atoms with Crippen LogP contribution in [-0.4, -0.2) is 8.42 Å². The van der Waals surface area contributed by atoms with Gasteiger partial charge in [-0.3, -0.25) is 4.72 Å². The Morgan fingerprint density at radius 3 is 2.35 bits per heavy atom. The molecule has 0 radical (unpaired) electrons. The predicted molar refractivity (Wildman–Crippen MR) is 73.4 cm³/mol. The van der Waals surface area contributed by atoms with Crippen molar-refractivity contribution in [3.05, 3.63) is 58.9 Å². The molecule has 0 aliphatic rings. The van der Waals surface area contributed by atoms with Gasteiger partial charge in [-0.15, -0.1) is 0 Å². The standard InChI is InChI=1S/C13H8ClFN2O2S/c14-12-7-10(15)3-6-13(12)17-20(18,19)11-4-1-9(8-16)2-5-11/h1-7,17H. The zero-order valence-corrected chi connectivity index (χ0v) is 11.5. The van der Waals surface area contributed by atoms with E-state index < -0.39 is 15.8 Å². The summed E-state index contributed by atoms with van der Waals surface area (Å²) in [6.45, 7) is 0. The highest BCUT2D eigenvalue weighted by molar-refractivity contribution is 7.92. The summed E-state index contributed by atoms with van der Waals surface area (Å²) in [4.78, 5) is -0.0168. The quantitative estimate of drug-likeness (QED) is 0.946. The molecule has 20 heavy (non-hydrogen) atoms. The molecule has 0 spiro atoms. The maximum atomic E-state index is 12.9. The maximum Gasteiger partial charge on any atom is 0.261 e. The lowest BCUT2D eigenvalue weighted by Crippen LogP contribution is -2.13. The van der Waals surface area contributed by atoms with Crippen LogP contribution in [0.5, 0.6) is 0 Å². The number of halogens is 2. The minimum absolute atomic E-state index is 0.0168. The van der Waals surface area contributed by atoms with E-state index >= 15 is 0 Å². The Kier molecular flexibility index (Phi) is 3.93. The molecule has 0 fully saturated rings. The van der Waals surface area contributed by atoms with E-state index in [2.05, 4.69) is 4.72 Å². The number of sulfonamides is 1. The zero-order chi connectivity index (χ0) is 14.8. The second kappa shape index (κ2) is 5.49. The SMILES string of the molecule is N#Cc1ccc(S(=O)(=O)Nc2ccc(F)cc2Cl)cc1. The van der Waals surface area contributed by atoms with Crippen LogP contribution in [0.2, 0.25) is 5.02 Å². The Bertz CT molecular complexity index is 783. The average Bonchev–Trinajstić information content (AvgIpc) is 2.42. The molecule has 0 atom stereocenters. The van der Waals surface area contributed by atoms with Crippen LogP contribution in [0.25, 0.3) is 0 Å². The molecule has 2 aromatic carbocycles. The van der Waals surface area contributed by atoms with Crippen LogP contribution in [0.1, 0.15) is 5.56 Å². The largest absolute Gasteiger partial charge is 0.278 e. The van der Waals surface area contributed by atoms with Crippen LogP contribution >= 0.6 is 11.6 Å². The topological polar surface area (TPSA) is 70.0 Å². The van der Waals surface area contributed by atoms with Gasteiger partial charge in [-0.1, -0.05) is 11.6 Å². The number of nitriles is 1. The van der Waals surface area contributed by atoms with Crippen LogP contribution in [0.3, 0.4) is 0 Å². The second-order valence-corrected chi connectivity index (χ2v) is 5.96. The molecular formula is C13H8ClFN2O2S. The molecule has 2 rings (SSSR count). The van der Waals surface area contributed by atoms with Crippen molar-refractivity contribution in [1.82, 2.24) is 0 Å². The average molecular weight is 311 g/mol. The van der Waals surface area contributed by atoms with Gasteiger partial charge in [-0.25, -0.2) is 12.8 Å². The molecule has 0 aromatic heterocycles. The fourth-order valence-corrected chi connectivity index (χ4v) is 2.83. The first-order chi connectivity index (χ1) is 9.42. The van der Waals surface area contributed by atoms with Crippen molar-refractivity contribution in [1.29, 1.82) is 5.26 Å². The van der Waals surface area contributed by atoms with Crippen LogP contribution < -0.4 is 4.72 Å². The van der Waals surface area contributed by atoms with E-state index in [-0.39, 0.29) is 15.6 Å². The van der Waals surface area contributed by atoms with E-state index in [0.29, 0.717) is 5.56 Å². The second-order valence-electron chi connectivity index (χ2n) is 3.87. The van der Waals surface area contributed by atoms with Gasteiger partial charge in [0.05, 0.1) is 27.2 Å². The van der Waals surface area contributed by atoms with Crippen molar-refractivity contribution in [2.75, 3.05) is 4.72 Å². The summed E-state index contributed by atoms with van der Waals surface area (Å²) in [5, 5.41) is 8.62. The monoisotopic (exact) mass is 310 g/mol. The first-order valence-electron chi connectivity index (χ1n) is 5.40. The van der Waals surface area contributed by atoms with E-state index in [1.54, 1.807) is 0 Å². The molecule has 0 bridgehead atoms. The number of nitrogens with one attached hydrogen (secondary N) is 1. The summed E-state index contributed by atoms with van der Waals surface area (Å²) in [5.74, 6) is -0.559. The lowest BCUT2D eigenvalue weighted by Gasteiger charge is -2.09. The lowest BCUT2D eigenvalue weighted by atomic mass is 10.2. The molecule has 0 saturated heterocycles. The van der Waals surface area contributed by atoms with Gasteiger partial charge in [0.25, 0.3) is 10.0 Å². The van der Waals surface area contributed by atoms with Crippen molar-refractivity contribution in [2.45, 2.75) is 4.90 Å². The number of hydrogen-bond donors (Lipinski definition) is 1. The number of nitrogens with zero attached hydrogens (tertiary/aromatic N) is 1. The van der Waals surface area contributed by atoms with E-state index in [9.17, 15) is 12.8 Å². The molecule has 0 saturated carbocycles. The van der Waals surface area contributed by atoms with E-state index in [4.69, 9.17) is 16.9 Å². The Morgan fingerprint density at radius 1 is 1.15 bits per heavy atom. The van der Waals surface area contributed by atoms with Crippen LogP contribution in [0, 0.1) is 17.1 Å². The molecule has 4 nitrogen and oxygen atoms in total. The lowest BCUT2D eigenvalue weighted by molar-refractivity contribution is 0.601. The highest BCUT2D eigenvalue weighted by Crippen LogP contribution is 2.25. The summed E-state index contributed by atoms with van der Waals surface area (Å²) in [6.07, 6.45) is 0. The molecule has 1 N–H and O–H groups in total. The molecule has 0 aliphatic heterocycles. The van der Waals surface area contributed by atoms with Gasteiger partial charge in [0.15, 0.2) is 0 Å². The van der Waals surface area contributed by atoms with Crippen LogP contribution in [0.4, 0.5) is 10.1 Å². The van der Waals surface area contributed by atoms with Gasteiger partial charge in [-0.05, 0) is 42.5 Å². The fraction of sp³-hybridized carbons (Fsp3) is 0. The number of rotatable bonds is 3. The van der Waals surface area contributed by atoms with Crippen molar-refractivity contribution in [2.24, 2.45) is 0 Å². The normalized spacial score (nSPS) is 10.8. The van der Waals surface area contributed by atoms with E-state index in [1.807, 2.05) is 6.07 Å². The molecule has 102 valence electrons. The van der Waals surface area contributed by atoms with Gasteiger partial charge < -0.3 is 0 Å². The van der Waals surface area contributed by atoms with Crippen molar-refractivity contribution < 1.29 is 12.8 Å². The number of benzene rings is 2. The van der Waals surface area contributed by atoms with Gasteiger partial charge in [-0.2, -0.15) is 5.26 Å².